The van der Waals surface area contributed by atoms with E-state index in [1.165, 1.54) is 12.3 Å². The Bertz CT molecular complexity index is 434. The molecule has 19 heavy (non-hydrogen) atoms. The van der Waals surface area contributed by atoms with Gasteiger partial charge in [-0.2, -0.15) is 0 Å². The van der Waals surface area contributed by atoms with E-state index in [0.29, 0.717) is 31.8 Å². The number of nitrogens with two attached hydrogens (primary N) is 1. The van der Waals surface area contributed by atoms with Gasteiger partial charge in [0.2, 0.25) is 0 Å². The Morgan fingerprint density at radius 1 is 1.47 bits per heavy atom. The highest BCUT2D eigenvalue weighted by Crippen LogP contribution is 2.16. The topological polar surface area (TPSA) is 68.5 Å². The molecule has 2 heterocycles. The van der Waals surface area contributed by atoms with Crippen LogP contribution in [0.3, 0.4) is 0 Å². The number of likely N-dealkylation sites (tertiary alicyclic amines) is 1. The average Bonchev–Trinajstić information content (AvgIpc) is 2.45. The fourth-order valence-electron chi connectivity index (χ4n) is 2.17. The Morgan fingerprint density at radius 2 is 2.21 bits per heavy atom. The van der Waals surface area contributed by atoms with Gasteiger partial charge in [0, 0.05) is 25.8 Å². The quantitative estimate of drug-likeness (QED) is 0.876. The van der Waals surface area contributed by atoms with Crippen LogP contribution < -0.4 is 5.73 Å². The third-order valence-corrected chi connectivity index (χ3v) is 3.15. The van der Waals surface area contributed by atoms with Crippen LogP contribution in [0.4, 0.5) is 4.39 Å². The number of amides is 1. The van der Waals surface area contributed by atoms with Crippen molar-refractivity contribution in [2.75, 3.05) is 26.2 Å². The van der Waals surface area contributed by atoms with Crippen LogP contribution in [0.5, 0.6) is 0 Å². The molecule has 6 heteroatoms. The summed E-state index contributed by atoms with van der Waals surface area (Å²) >= 11 is 0. The van der Waals surface area contributed by atoms with Crippen LogP contribution in [0.2, 0.25) is 0 Å². The van der Waals surface area contributed by atoms with E-state index in [2.05, 4.69) is 4.98 Å². The van der Waals surface area contributed by atoms with Crippen LogP contribution in [-0.4, -0.2) is 48.1 Å². The van der Waals surface area contributed by atoms with Gasteiger partial charge >= 0.3 is 0 Å². The molecule has 1 aromatic rings. The number of halogens is 1. The second kappa shape index (κ2) is 6.58. The largest absolute Gasteiger partial charge is 0.377 e. The fourth-order valence-corrected chi connectivity index (χ4v) is 2.17. The van der Waals surface area contributed by atoms with Crippen molar-refractivity contribution in [1.29, 1.82) is 0 Å². The number of hydrogen-bond donors (Lipinski definition) is 1. The maximum Gasteiger partial charge on any atom is 0.255 e. The molecular formula is C13H18FN3O2. The van der Waals surface area contributed by atoms with Gasteiger partial charge in [-0.3, -0.25) is 9.78 Å². The van der Waals surface area contributed by atoms with Gasteiger partial charge in [-0.25, -0.2) is 4.39 Å². The number of pyridine rings is 1. The third-order valence-electron chi connectivity index (χ3n) is 3.15. The average molecular weight is 267 g/mol. The van der Waals surface area contributed by atoms with Gasteiger partial charge in [0.15, 0.2) is 0 Å². The Balaban J connectivity index is 1.89. The van der Waals surface area contributed by atoms with Crippen molar-refractivity contribution < 1.29 is 13.9 Å². The highest BCUT2D eigenvalue weighted by atomic mass is 19.1. The van der Waals surface area contributed by atoms with Gasteiger partial charge in [-0.05, 0) is 18.9 Å². The van der Waals surface area contributed by atoms with E-state index >= 15 is 0 Å². The summed E-state index contributed by atoms with van der Waals surface area (Å²) in [6.45, 7) is 2.29. The summed E-state index contributed by atoms with van der Waals surface area (Å²) in [5.74, 6) is -0.670. The van der Waals surface area contributed by atoms with Gasteiger partial charge in [0.25, 0.3) is 5.91 Å². The Kier molecular flexibility index (Phi) is 4.81. The smallest absolute Gasteiger partial charge is 0.255 e. The van der Waals surface area contributed by atoms with Gasteiger partial charge in [-0.15, -0.1) is 0 Å². The van der Waals surface area contributed by atoms with Crippen molar-refractivity contribution in [3.8, 4) is 0 Å². The van der Waals surface area contributed by atoms with Crippen LogP contribution in [0.1, 0.15) is 23.2 Å². The molecule has 1 aliphatic heterocycles. The number of hydrogen-bond acceptors (Lipinski definition) is 4. The predicted octanol–water partition coefficient (Wildman–Crippen LogP) is 0.801. The van der Waals surface area contributed by atoms with E-state index in [9.17, 15) is 9.18 Å². The summed E-state index contributed by atoms with van der Waals surface area (Å²) in [7, 11) is 0. The van der Waals surface area contributed by atoms with E-state index in [4.69, 9.17) is 10.5 Å². The Hall–Kier alpha value is -1.53. The number of ether oxygens (including phenoxy) is 1. The highest BCUT2D eigenvalue weighted by molar-refractivity contribution is 5.93. The maximum atomic E-state index is 13.0. The van der Waals surface area contributed by atoms with Crippen molar-refractivity contribution in [3.05, 3.63) is 29.8 Å². The van der Waals surface area contributed by atoms with E-state index < -0.39 is 5.82 Å². The molecular weight excluding hydrogens is 249 g/mol. The third kappa shape index (κ3) is 3.71. The number of carbonyl (C=O) groups is 1. The zero-order chi connectivity index (χ0) is 13.7. The number of aromatic nitrogens is 1. The molecule has 104 valence electrons. The van der Waals surface area contributed by atoms with Gasteiger partial charge in [-0.1, -0.05) is 0 Å². The van der Waals surface area contributed by atoms with Crippen LogP contribution in [0, 0.1) is 5.82 Å². The molecule has 1 saturated heterocycles. The van der Waals surface area contributed by atoms with Crippen molar-refractivity contribution in [3.63, 3.8) is 0 Å². The van der Waals surface area contributed by atoms with E-state index in [1.54, 1.807) is 4.90 Å². The SMILES string of the molecule is NCCOC1CCN(C(=O)c2cncc(F)c2)CC1. The van der Waals surface area contributed by atoms with Crippen LogP contribution >= 0.6 is 0 Å². The highest BCUT2D eigenvalue weighted by Gasteiger charge is 2.24. The first-order chi connectivity index (χ1) is 9.20. The molecule has 0 bridgehead atoms. The minimum atomic E-state index is -0.494. The molecule has 2 rings (SSSR count). The minimum Gasteiger partial charge on any atom is -0.377 e. The molecule has 0 spiro atoms. The molecule has 0 aromatic carbocycles. The van der Waals surface area contributed by atoms with E-state index in [0.717, 1.165) is 19.0 Å². The molecule has 0 saturated carbocycles. The van der Waals surface area contributed by atoms with Gasteiger partial charge in [0.05, 0.1) is 24.5 Å². The summed E-state index contributed by atoms with van der Waals surface area (Å²) < 4.78 is 18.6. The van der Waals surface area contributed by atoms with Gasteiger partial charge in [0.1, 0.15) is 5.82 Å². The lowest BCUT2D eigenvalue weighted by Gasteiger charge is -2.31. The summed E-state index contributed by atoms with van der Waals surface area (Å²) in [5.41, 5.74) is 5.67. The predicted molar refractivity (Wildman–Crippen MR) is 68.1 cm³/mol. The Morgan fingerprint density at radius 3 is 2.84 bits per heavy atom. The molecule has 0 atom stereocenters. The minimum absolute atomic E-state index is 0.165. The monoisotopic (exact) mass is 267 g/mol. The number of piperidine rings is 1. The van der Waals surface area contributed by atoms with Crippen LogP contribution in [0.15, 0.2) is 18.5 Å². The second-order valence-corrected chi connectivity index (χ2v) is 4.54. The summed E-state index contributed by atoms with van der Waals surface area (Å²) in [4.78, 5) is 17.5. The fraction of sp³-hybridized carbons (Fsp3) is 0.538. The number of rotatable bonds is 4. The molecule has 1 aliphatic rings. The lowest BCUT2D eigenvalue weighted by atomic mass is 10.1. The van der Waals surface area contributed by atoms with E-state index in [-0.39, 0.29) is 12.0 Å². The van der Waals surface area contributed by atoms with Crippen molar-refractivity contribution in [2.24, 2.45) is 5.73 Å². The van der Waals surface area contributed by atoms with Crippen molar-refractivity contribution >= 4 is 5.91 Å². The zero-order valence-corrected chi connectivity index (χ0v) is 10.7. The summed E-state index contributed by atoms with van der Waals surface area (Å²) in [6, 6.07) is 1.21. The summed E-state index contributed by atoms with van der Waals surface area (Å²) in [5, 5.41) is 0. The molecule has 0 radical (unpaired) electrons. The first kappa shape index (κ1) is 13.9. The lowest BCUT2D eigenvalue weighted by Crippen LogP contribution is -2.41. The molecule has 0 aliphatic carbocycles. The maximum absolute atomic E-state index is 13.0. The molecule has 0 unspecified atom stereocenters. The first-order valence-corrected chi connectivity index (χ1v) is 6.42. The molecule has 1 fully saturated rings. The standard InChI is InChI=1S/C13H18FN3O2/c14-11-7-10(8-16-9-11)13(18)17-4-1-12(2-5-17)19-6-3-15/h7-9,12H,1-6,15H2. The number of nitrogens with zero attached hydrogens (tertiary/aromatic N) is 2. The molecule has 5 nitrogen and oxygen atoms in total. The van der Waals surface area contributed by atoms with Crippen LogP contribution in [-0.2, 0) is 4.74 Å². The molecule has 1 aromatic heterocycles. The molecule has 2 N–H and O–H groups in total. The second-order valence-electron chi connectivity index (χ2n) is 4.54. The van der Waals surface area contributed by atoms with Crippen molar-refractivity contribution in [1.82, 2.24) is 9.88 Å². The molecule has 1 amide bonds. The number of carbonyl (C=O) groups excluding carboxylic acids is 1. The van der Waals surface area contributed by atoms with E-state index in [1.807, 2.05) is 0 Å². The lowest BCUT2D eigenvalue weighted by molar-refractivity contribution is 0.0121. The summed E-state index contributed by atoms with van der Waals surface area (Å²) in [6.07, 6.45) is 4.22. The Labute approximate surface area is 111 Å². The van der Waals surface area contributed by atoms with Crippen LogP contribution in [0.25, 0.3) is 0 Å². The zero-order valence-electron chi connectivity index (χ0n) is 10.7. The van der Waals surface area contributed by atoms with Crippen molar-refractivity contribution in [2.45, 2.75) is 18.9 Å². The normalized spacial score (nSPS) is 16.6. The first-order valence-electron chi connectivity index (χ1n) is 6.42. The van der Waals surface area contributed by atoms with Gasteiger partial charge < -0.3 is 15.4 Å².